The Labute approximate surface area is 308 Å². The van der Waals surface area contributed by atoms with Gasteiger partial charge in [0.05, 0.1) is 53.4 Å². The van der Waals surface area contributed by atoms with E-state index in [1.165, 1.54) is 30.1 Å². The van der Waals surface area contributed by atoms with E-state index in [0.717, 1.165) is 38.6 Å². The summed E-state index contributed by atoms with van der Waals surface area (Å²) in [5, 5.41) is 7.48. The number of hydrogen-bond donors (Lipinski definition) is 2. The Kier molecular flexibility index (Phi) is 12.2. The lowest BCUT2D eigenvalue weighted by molar-refractivity contribution is -0.137. The number of amides is 1. The zero-order valence-electron chi connectivity index (χ0n) is 27.7. The first-order chi connectivity index (χ1) is 24.4. The van der Waals surface area contributed by atoms with Gasteiger partial charge in [0.2, 0.25) is 0 Å². The van der Waals surface area contributed by atoms with E-state index in [9.17, 15) is 36.0 Å². The van der Waals surface area contributed by atoms with Gasteiger partial charge >= 0.3 is 16.4 Å². The molecule has 5 aromatic rings. The number of hydrogen-bond acceptors (Lipinski definition) is 9. The van der Waals surface area contributed by atoms with Crippen LogP contribution in [-0.2, 0) is 16.4 Å². The second-order valence-corrected chi connectivity index (χ2v) is 13.8. The summed E-state index contributed by atoms with van der Waals surface area (Å²) in [7, 11) is -2.45. The average Bonchev–Trinajstić information content (AvgIpc) is 3.08. The molecule has 0 fully saturated rings. The number of nitrogens with one attached hydrogen (secondary N) is 1. The maximum absolute atomic E-state index is 12.6. The van der Waals surface area contributed by atoms with Gasteiger partial charge in [0.15, 0.2) is 10.8 Å². The lowest BCUT2D eigenvalue weighted by atomic mass is 10.1. The highest BCUT2D eigenvalue weighted by Gasteiger charge is 2.37. The van der Waals surface area contributed by atoms with Crippen molar-refractivity contribution in [3.63, 3.8) is 0 Å². The number of methoxy groups -OCH3 is 1. The Bertz CT molecular complexity index is 2350. The topological polar surface area (TPSA) is 172 Å². The fraction of sp³-hybridized carbons (Fsp3) is 0.182. The minimum Gasteiger partial charge on any atom is -0.493 e. The summed E-state index contributed by atoms with van der Waals surface area (Å²) in [6.45, 7) is 5.27. The molecule has 274 valence electrons. The number of nitrogen functional groups attached to an aromatic ring is 1. The van der Waals surface area contributed by atoms with E-state index in [1.807, 2.05) is 31.2 Å². The van der Waals surface area contributed by atoms with Crippen molar-refractivity contribution in [2.24, 2.45) is 0 Å². The molecule has 0 saturated heterocycles. The van der Waals surface area contributed by atoms with Crippen molar-refractivity contribution >= 4 is 55.0 Å². The van der Waals surface area contributed by atoms with Crippen LogP contribution in [0.25, 0.3) is 11.4 Å². The number of benzene rings is 3. The van der Waals surface area contributed by atoms with E-state index >= 15 is 0 Å². The van der Waals surface area contributed by atoms with Gasteiger partial charge in [-0.2, -0.15) is 41.2 Å². The van der Waals surface area contributed by atoms with Gasteiger partial charge in [-0.25, -0.2) is 4.31 Å². The fourth-order valence-electron chi connectivity index (χ4n) is 4.63. The Hall–Kier alpha value is -5.20. The number of nitrogens with zero attached hydrogens (tertiary/aromatic N) is 5. The molecule has 52 heavy (non-hydrogen) atoms. The number of aromatic nitrogens is 4. The third kappa shape index (κ3) is 8.80. The standard InChI is InChI=1S/C12H8ClF3N2O2.C11H10BrN3O.C10H12N2O3S/c1-20-9-6-17-18(11(19)10(9)13)8-4-2-3-7(5-8)12(14,15)16;1-7-3-2-4-8(5-7)15-11(16)10(12)9(13)6-14-15;1-7(2)12-10(13)8-5-3-4-6-9(8)11-16(12,14)15/h2-6H,1H3;2-6H,13H2,1H3;3-7,11H,1-2H3. The van der Waals surface area contributed by atoms with Gasteiger partial charge in [0.25, 0.3) is 17.0 Å². The van der Waals surface area contributed by atoms with E-state index < -0.39 is 39.5 Å². The van der Waals surface area contributed by atoms with E-state index in [1.54, 1.807) is 38.1 Å². The van der Waals surface area contributed by atoms with Gasteiger partial charge in [0.1, 0.15) is 4.47 Å². The third-order valence-electron chi connectivity index (χ3n) is 7.04. The number of carbonyl (C=O) groups excluding carboxylic acids is 1. The molecule has 0 atom stereocenters. The lowest BCUT2D eigenvalue weighted by Crippen LogP contribution is -2.48. The number of ether oxygens (including phenoxy) is 1. The van der Waals surface area contributed by atoms with Crippen LogP contribution in [0.4, 0.5) is 24.5 Å². The first-order valence-corrected chi connectivity index (χ1v) is 17.5. The second kappa shape index (κ2) is 16.0. The minimum atomic E-state index is -4.50. The van der Waals surface area contributed by atoms with Crippen molar-refractivity contribution in [2.75, 3.05) is 17.6 Å². The van der Waals surface area contributed by atoms with Gasteiger partial charge in [-0.3, -0.25) is 19.1 Å². The Morgan fingerprint density at radius 2 is 1.50 bits per heavy atom. The van der Waals surface area contributed by atoms with Crippen LogP contribution in [-0.4, -0.2) is 51.3 Å². The monoisotopic (exact) mass is 823 g/mol. The molecular formula is C33H30BrClF3N7O6S. The highest BCUT2D eigenvalue weighted by Crippen LogP contribution is 2.30. The molecule has 0 bridgehead atoms. The third-order valence-corrected chi connectivity index (χ3v) is 9.77. The maximum Gasteiger partial charge on any atom is 0.416 e. The van der Waals surface area contributed by atoms with Crippen LogP contribution in [0, 0.1) is 6.92 Å². The van der Waals surface area contributed by atoms with Crippen molar-refractivity contribution in [1.82, 2.24) is 23.9 Å². The molecule has 0 unspecified atom stereocenters. The van der Waals surface area contributed by atoms with Gasteiger partial charge in [-0.05, 0) is 84.7 Å². The molecule has 0 radical (unpaired) electrons. The second-order valence-electron chi connectivity index (χ2n) is 11.1. The summed E-state index contributed by atoms with van der Waals surface area (Å²) in [6.07, 6.45) is -1.90. The fourth-order valence-corrected chi connectivity index (χ4v) is 6.54. The summed E-state index contributed by atoms with van der Waals surface area (Å²) < 4.78 is 71.9. The van der Waals surface area contributed by atoms with Gasteiger partial charge in [-0.15, -0.1) is 0 Å². The largest absolute Gasteiger partial charge is 0.493 e. The van der Waals surface area contributed by atoms with E-state index in [0.29, 0.717) is 21.4 Å². The van der Waals surface area contributed by atoms with Crippen LogP contribution in [0.5, 0.6) is 5.75 Å². The summed E-state index contributed by atoms with van der Waals surface area (Å²) >= 11 is 8.90. The van der Waals surface area contributed by atoms with E-state index in [4.69, 9.17) is 22.1 Å². The van der Waals surface area contributed by atoms with E-state index in [2.05, 4.69) is 30.8 Å². The SMILES string of the molecule is CC(C)N1C(=O)c2ccccc2NS1(=O)=O.COc1cnn(-c2cccc(C(F)(F)F)c2)c(=O)c1Cl.Cc1cccc(-n2ncc(N)c(Br)c2=O)c1. The number of fused-ring (bicyclic) bond motifs is 1. The van der Waals surface area contributed by atoms with Crippen molar-refractivity contribution in [2.45, 2.75) is 33.0 Å². The van der Waals surface area contributed by atoms with Crippen LogP contribution in [0.2, 0.25) is 5.02 Å². The van der Waals surface area contributed by atoms with Crippen molar-refractivity contribution < 1.29 is 31.1 Å². The minimum absolute atomic E-state index is 0.0330. The van der Waals surface area contributed by atoms with Crippen LogP contribution >= 0.6 is 27.5 Å². The Balaban J connectivity index is 0.000000176. The highest BCUT2D eigenvalue weighted by atomic mass is 79.9. The van der Waals surface area contributed by atoms with Gasteiger partial charge in [0, 0.05) is 6.04 Å². The summed E-state index contributed by atoms with van der Waals surface area (Å²) in [4.78, 5) is 35.8. The zero-order valence-corrected chi connectivity index (χ0v) is 30.9. The molecule has 0 aliphatic carbocycles. The number of aryl methyl sites for hydroxylation is 1. The molecule has 3 heterocycles. The number of carbonyl (C=O) groups is 1. The molecule has 1 amide bonds. The first kappa shape index (κ1) is 39.6. The molecule has 2 aromatic heterocycles. The molecule has 13 nitrogen and oxygen atoms in total. The molecule has 3 aromatic carbocycles. The molecule has 19 heteroatoms. The summed E-state index contributed by atoms with van der Waals surface area (Å²) in [5.74, 6) is -0.427. The van der Waals surface area contributed by atoms with E-state index in [-0.39, 0.29) is 22.0 Å². The number of anilines is 2. The number of halogens is 5. The maximum atomic E-state index is 12.6. The van der Waals surface area contributed by atoms with Crippen LogP contribution < -0.4 is 26.3 Å². The highest BCUT2D eigenvalue weighted by molar-refractivity contribution is 9.10. The first-order valence-electron chi connectivity index (χ1n) is 14.9. The predicted molar refractivity (Wildman–Crippen MR) is 193 cm³/mol. The molecule has 0 saturated carbocycles. The van der Waals surface area contributed by atoms with Crippen molar-refractivity contribution in [3.8, 4) is 17.1 Å². The molecule has 1 aliphatic heterocycles. The molecule has 6 rings (SSSR count). The van der Waals surface area contributed by atoms with Crippen molar-refractivity contribution in [1.29, 1.82) is 0 Å². The predicted octanol–water partition coefficient (Wildman–Crippen LogP) is 6.01. The summed E-state index contributed by atoms with van der Waals surface area (Å²) in [6, 6.07) is 17.9. The quantitative estimate of drug-likeness (QED) is 0.220. The number of rotatable bonds is 4. The zero-order chi connectivity index (χ0) is 38.5. The molecule has 1 aliphatic rings. The van der Waals surface area contributed by atoms with Crippen LogP contribution in [0.3, 0.4) is 0 Å². The van der Waals surface area contributed by atoms with Gasteiger partial charge in [-0.1, -0.05) is 41.9 Å². The van der Waals surface area contributed by atoms with Crippen molar-refractivity contribution in [3.05, 3.63) is 132 Å². The molecule has 0 spiro atoms. The number of alkyl halides is 3. The lowest BCUT2D eigenvalue weighted by Gasteiger charge is -2.31. The average molecular weight is 825 g/mol. The van der Waals surface area contributed by atoms with Crippen LogP contribution in [0.15, 0.2) is 99.3 Å². The molecular weight excluding hydrogens is 795 g/mol. The normalized spacial score (nSPS) is 13.2. The van der Waals surface area contributed by atoms with Gasteiger partial charge < -0.3 is 10.5 Å². The number of para-hydroxylation sites is 1. The van der Waals surface area contributed by atoms with Crippen LogP contribution in [0.1, 0.15) is 35.3 Å². The Morgan fingerprint density at radius 3 is 2.12 bits per heavy atom. The molecule has 3 N–H and O–H groups in total. The summed E-state index contributed by atoms with van der Waals surface area (Å²) in [5.41, 5.74) is 6.50. The smallest absolute Gasteiger partial charge is 0.416 e. The Morgan fingerprint density at radius 1 is 0.904 bits per heavy atom. The number of nitrogens with two attached hydrogens (primary N) is 1.